The fraction of sp³-hybridized carbons (Fsp3) is 0.909. The van der Waals surface area contributed by atoms with E-state index >= 15 is 0 Å². The summed E-state index contributed by atoms with van der Waals surface area (Å²) < 4.78 is 9.97. The summed E-state index contributed by atoms with van der Waals surface area (Å²) in [6, 6.07) is 0. The smallest absolute Gasteiger partial charge is 0.328 e. The first-order valence-corrected chi connectivity index (χ1v) is 5.88. The molecule has 0 amide bonds. The Morgan fingerprint density at radius 3 is 2.61 bits per heavy atom. The fourth-order valence-corrected chi connectivity index (χ4v) is 1.70. The Morgan fingerprint density at radius 1 is 1.50 bits per heavy atom. The molecule has 1 atom stereocenters. The largest absolute Gasteiger partial charge is 0.468 e. The lowest BCUT2D eigenvalue weighted by molar-refractivity contribution is -0.153. The van der Waals surface area contributed by atoms with E-state index in [1.54, 1.807) is 7.11 Å². The highest BCUT2D eigenvalue weighted by Crippen LogP contribution is 2.19. The number of nitrogens with one attached hydrogen (secondary N) is 1. The molecule has 0 rings (SSSR count). The van der Waals surface area contributed by atoms with Crippen LogP contribution in [0.2, 0.25) is 0 Å². The summed E-state index contributed by atoms with van der Waals surface area (Å²) in [4.78, 5) is 14.6. The van der Waals surface area contributed by atoms with E-state index in [0.29, 0.717) is 19.5 Å². The first kappa shape index (κ1) is 16.7. The van der Waals surface area contributed by atoms with E-state index in [9.17, 15) is 4.79 Å². The van der Waals surface area contributed by atoms with Gasteiger partial charge < -0.3 is 9.47 Å². The molecule has 0 heterocycles. The maximum absolute atomic E-state index is 11.9. The van der Waals surface area contributed by atoms with Gasteiger partial charge >= 0.3 is 5.97 Å². The van der Waals surface area contributed by atoms with E-state index < -0.39 is 5.54 Å². The van der Waals surface area contributed by atoms with E-state index in [1.807, 2.05) is 13.8 Å². The Balaban J connectivity index is 4.62. The van der Waals surface area contributed by atoms with Crippen LogP contribution in [0, 0.1) is 5.92 Å². The second-order valence-electron chi connectivity index (χ2n) is 4.29. The van der Waals surface area contributed by atoms with E-state index in [-0.39, 0.29) is 18.5 Å². The van der Waals surface area contributed by atoms with E-state index in [0.717, 1.165) is 0 Å². The first-order valence-electron chi connectivity index (χ1n) is 5.88. The highest BCUT2D eigenvalue weighted by Gasteiger charge is 2.42. The van der Waals surface area contributed by atoms with Crippen LogP contribution in [-0.2, 0) is 14.3 Å². The third-order valence-corrected chi connectivity index (χ3v) is 2.85. The maximum Gasteiger partial charge on any atom is 0.328 e. The summed E-state index contributed by atoms with van der Waals surface area (Å²) in [5.41, 5.74) is 7.31. The van der Waals surface area contributed by atoms with Crippen LogP contribution in [0.1, 0.15) is 20.3 Å². The molecule has 1 N–H and O–H groups in total. The Morgan fingerprint density at radius 2 is 2.17 bits per heavy atom. The van der Waals surface area contributed by atoms with Crippen molar-refractivity contribution >= 4 is 5.97 Å². The Labute approximate surface area is 107 Å². The minimum absolute atomic E-state index is 0.0179. The van der Waals surface area contributed by atoms with E-state index in [2.05, 4.69) is 15.3 Å². The van der Waals surface area contributed by atoms with Gasteiger partial charge in [-0.15, -0.1) is 0 Å². The summed E-state index contributed by atoms with van der Waals surface area (Å²) in [5.74, 6) is -0.326. The molecule has 0 bridgehead atoms. The van der Waals surface area contributed by atoms with E-state index in [1.165, 1.54) is 7.11 Å². The predicted molar refractivity (Wildman–Crippen MR) is 68.1 cm³/mol. The van der Waals surface area contributed by atoms with Crippen molar-refractivity contribution in [3.05, 3.63) is 10.4 Å². The number of carbonyl (C=O) groups excluding carboxylic acids is 1. The Kier molecular flexibility index (Phi) is 8.11. The quantitative estimate of drug-likeness (QED) is 0.223. The molecule has 0 saturated carbocycles. The molecular formula is C11H22N4O3. The Hall–Kier alpha value is -1.30. The van der Waals surface area contributed by atoms with Crippen molar-refractivity contribution in [3.63, 3.8) is 0 Å². The lowest BCUT2D eigenvalue weighted by Crippen LogP contribution is -2.60. The fourth-order valence-electron chi connectivity index (χ4n) is 1.70. The van der Waals surface area contributed by atoms with Gasteiger partial charge in [0.1, 0.15) is 5.54 Å². The van der Waals surface area contributed by atoms with Crippen molar-refractivity contribution < 1.29 is 14.3 Å². The Bertz CT molecular complexity index is 303. The molecule has 0 radical (unpaired) electrons. The number of nitrogens with zero attached hydrogens (tertiary/aromatic N) is 3. The molecule has 0 aromatic carbocycles. The highest BCUT2D eigenvalue weighted by atomic mass is 16.5. The van der Waals surface area contributed by atoms with Gasteiger partial charge in [-0.25, -0.2) is 4.79 Å². The topological polar surface area (TPSA) is 96.3 Å². The van der Waals surface area contributed by atoms with Crippen LogP contribution >= 0.6 is 0 Å². The van der Waals surface area contributed by atoms with Crippen molar-refractivity contribution in [1.82, 2.24) is 5.32 Å². The molecule has 0 aliphatic rings. The van der Waals surface area contributed by atoms with Gasteiger partial charge in [0.15, 0.2) is 0 Å². The van der Waals surface area contributed by atoms with Gasteiger partial charge in [0.2, 0.25) is 0 Å². The SMILES string of the molecule is COCC(NCCCN=[N+]=[N-])(C(=O)OC)C(C)C. The van der Waals surface area contributed by atoms with Crippen molar-refractivity contribution in [2.24, 2.45) is 11.0 Å². The lowest BCUT2D eigenvalue weighted by atomic mass is 9.87. The molecule has 0 aromatic heterocycles. The molecule has 104 valence electrons. The number of hydrogen-bond acceptors (Lipinski definition) is 5. The van der Waals surface area contributed by atoms with Crippen LogP contribution in [-0.4, -0.2) is 45.4 Å². The predicted octanol–water partition coefficient (Wildman–Crippen LogP) is 1.49. The second kappa shape index (κ2) is 8.74. The van der Waals surface area contributed by atoms with Gasteiger partial charge in [0, 0.05) is 18.6 Å². The molecule has 0 aromatic rings. The number of carbonyl (C=O) groups is 1. The van der Waals surface area contributed by atoms with Gasteiger partial charge in [-0.3, -0.25) is 5.32 Å². The number of ether oxygens (including phenoxy) is 2. The number of methoxy groups -OCH3 is 2. The zero-order valence-corrected chi connectivity index (χ0v) is 11.5. The monoisotopic (exact) mass is 258 g/mol. The van der Waals surface area contributed by atoms with Crippen LogP contribution in [0.3, 0.4) is 0 Å². The number of rotatable bonds is 9. The summed E-state index contributed by atoms with van der Waals surface area (Å²) in [6.45, 7) is 5.03. The average molecular weight is 258 g/mol. The van der Waals surface area contributed by atoms with Gasteiger partial charge in [-0.05, 0) is 24.4 Å². The summed E-state index contributed by atoms with van der Waals surface area (Å²) >= 11 is 0. The molecule has 0 aliphatic heterocycles. The molecule has 1 unspecified atom stereocenters. The van der Waals surface area contributed by atoms with Crippen molar-refractivity contribution in [3.8, 4) is 0 Å². The van der Waals surface area contributed by atoms with Crippen LogP contribution in [0.15, 0.2) is 5.11 Å². The van der Waals surface area contributed by atoms with Crippen molar-refractivity contribution in [2.45, 2.75) is 25.8 Å². The summed E-state index contributed by atoms with van der Waals surface area (Å²) in [5, 5.41) is 6.60. The number of azide groups is 1. The third kappa shape index (κ3) is 4.52. The molecular weight excluding hydrogens is 236 g/mol. The van der Waals surface area contributed by atoms with Crippen molar-refractivity contribution in [2.75, 3.05) is 33.9 Å². The molecule has 18 heavy (non-hydrogen) atoms. The minimum atomic E-state index is -0.861. The van der Waals surface area contributed by atoms with Crippen LogP contribution in [0.5, 0.6) is 0 Å². The van der Waals surface area contributed by atoms with Gasteiger partial charge in [0.05, 0.1) is 13.7 Å². The molecule has 0 aliphatic carbocycles. The van der Waals surface area contributed by atoms with Crippen LogP contribution in [0.4, 0.5) is 0 Å². The molecule has 0 saturated heterocycles. The molecule has 0 fully saturated rings. The van der Waals surface area contributed by atoms with Gasteiger partial charge in [-0.2, -0.15) is 0 Å². The summed E-state index contributed by atoms with van der Waals surface area (Å²) in [7, 11) is 2.90. The number of esters is 1. The van der Waals surface area contributed by atoms with Crippen LogP contribution < -0.4 is 5.32 Å². The average Bonchev–Trinajstić information content (AvgIpc) is 2.35. The minimum Gasteiger partial charge on any atom is -0.468 e. The second-order valence-corrected chi connectivity index (χ2v) is 4.29. The third-order valence-electron chi connectivity index (χ3n) is 2.85. The van der Waals surface area contributed by atoms with Gasteiger partial charge in [0.25, 0.3) is 0 Å². The maximum atomic E-state index is 11.9. The molecule has 7 nitrogen and oxygen atoms in total. The van der Waals surface area contributed by atoms with Crippen LogP contribution in [0.25, 0.3) is 10.4 Å². The van der Waals surface area contributed by atoms with Gasteiger partial charge in [-0.1, -0.05) is 19.0 Å². The summed E-state index contributed by atoms with van der Waals surface area (Å²) in [6.07, 6.45) is 0.652. The first-order chi connectivity index (χ1) is 8.55. The highest BCUT2D eigenvalue weighted by molar-refractivity contribution is 5.81. The number of hydrogen-bond donors (Lipinski definition) is 1. The normalized spacial score (nSPS) is 13.8. The lowest BCUT2D eigenvalue weighted by Gasteiger charge is -2.35. The molecule has 0 spiro atoms. The standard InChI is InChI=1S/C11H22N4O3/c1-9(2)11(8-17-3,10(16)18-4)13-6-5-7-14-15-12/h9,13H,5-8H2,1-4H3. The molecule has 7 heteroatoms. The van der Waals surface area contributed by atoms with Crippen molar-refractivity contribution in [1.29, 1.82) is 0 Å². The zero-order chi connectivity index (χ0) is 14.0. The zero-order valence-electron chi connectivity index (χ0n) is 11.5. The van der Waals surface area contributed by atoms with E-state index in [4.69, 9.17) is 15.0 Å².